The number of fused-ring (bicyclic) bond motifs is 1. The number of para-hydroxylation sites is 1. The molecular weight excluding hydrogens is 354 g/mol. The van der Waals surface area contributed by atoms with Gasteiger partial charge in [0.25, 0.3) is 5.56 Å². The number of aromatic amines is 1. The fourth-order valence-electron chi connectivity index (χ4n) is 3.10. The van der Waals surface area contributed by atoms with Gasteiger partial charge < -0.3 is 10.2 Å². The Bertz CT molecular complexity index is 797. The second kappa shape index (κ2) is 11.4. The molecule has 3 rings (SSSR count). The molecule has 1 aromatic carbocycles. The van der Waals surface area contributed by atoms with E-state index in [9.17, 15) is 9.59 Å². The molecule has 7 heteroatoms. The maximum absolute atomic E-state index is 12.0. The van der Waals surface area contributed by atoms with E-state index < -0.39 is 0 Å². The number of anilines is 1. The first-order valence-electron chi connectivity index (χ1n) is 10.3. The molecule has 1 fully saturated rings. The molecule has 2 aromatic rings. The summed E-state index contributed by atoms with van der Waals surface area (Å²) < 4.78 is 0. The normalized spacial score (nSPS) is 14.5. The van der Waals surface area contributed by atoms with E-state index in [0.29, 0.717) is 29.8 Å². The molecule has 0 radical (unpaired) electrons. The van der Waals surface area contributed by atoms with Crippen LogP contribution in [-0.2, 0) is 4.79 Å². The Hall–Kier alpha value is -2.41. The van der Waals surface area contributed by atoms with Crippen LogP contribution in [0.15, 0.2) is 29.1 Å². The number of carbonyl (C=O) groups is 1. The van der Waals surface area contributed by atoms with Crippen molar-refractivity contribution in [3.05, 3.63) is 34.6 Å². The molecule has 0 bridgehead atoms. The quantitative estimate of drug-likeness (QED) is 0.796. The zero-order chi connectivity index (χ0) is 20.4. The van der Waals surface area contributed by atoms with Crippen LogP contribution in [-0.4, -0.2) is 64.9 Å². The highest BCUT2D eigenvalue weighted by molar-refractivity contribution is 5.78. The molecule has 1 aliphatic rings. The lowest BCUT2D eigenvalue weighted by Crippen LogP contribution is -2.49. The van der Waals surface area contributed by atoms with Gasteiger partial charge in [0.15, 0.2) is 0 Å². The van der Waals surface area contributed by atoms with Crippen LogP contribution >= 0.6 is 0 Å². The summed E-state index contributed by atoms with van der Waals surface area (Å²) in [6.07, 6.45) is 2.79. The van der Waals surface area contributed by atoms with Crippen LogP contribution in [0.3, 0.4) is 0 Å². The molecule has 0 unspecified atom stereocenters. The number of hydrogen-bond donors (Lipinski definition) is 2. The van der Waals surface area contributed by atoms with Crippen molar-refractivity contribution in [2.75, 3.05) is 44.6 Å². The van der Waals surface area contributed by atoms with Crippen LogP contribution in [0.5, 0.6) is 0 Å². The molecule has 1 aromatic heterocycles. The van der Waals surface area contributed by atoms with Crippen LogP contribution in [0.1, 0.15) is 40.0 Å². The van der Waals surface area contributed by atoms with Gasteiger partial charge in [-0.05, 0) is 18.6 Å². The molecule has 2 N–H and O–H groups in total. The van der Waals surface area contributed by atoms with Gasteiger partial charge in [0.05, 0.1) is 10.9 Å². The summed E-state index contributed by atoms with van der Waals surface area (Å²) in [5, 5.41) is 3.79. The molecule has 0 spiro atoms. The zero-order valence-electron chi connectivity index (χ0n) is 17.3. The maximum Gasteiger partial charge on any atom is 0.260 e. The van der Waals surface area contributed by atoms with Crippen LogP contribution in [0.4, 0.5) is 5.95 Å². The molecule has 0 aliphatic carbocycles. The Balaban J connectivity index is 0.000000878. The Labute approximate surface area is 167 Å². The summed E-state index contributed by atoms with van der Waals surface area (Å²) in [5.74, 6) is 0.763. The first-order chi connectivity index (χ1) is 13.6. The lowest BCUT2D eigenvalue weighted by atomic mass is 10.2. The molecule has 1 aliphatic heterocycles. The van der Waals surface area contributed by atoms with Crippen molar-refractivity contribution in [3.63, 3.8) is 0 Å². The topological polar surface area (TPSA) is 81.3 Å². The predicted molar refractivity (Wildman–Crippen MR) is 115 cm³/mol. The lowest BCUT2D eigenvalue weighted by molar-refractivity contribution is -0.132. The van der Waals surface area contributed by atoms with Gasteiger partial charge in [-0.15, -0.1) is 0 Å². The van der Waals surface area contributed by atoms with Crippen molar-refractivity contribution in [2.45, 2.75) is 40.0 Å². The van der Waals surface area contributed by atoms with Crippen molar-refractivity contribution in [1.82, 2.24) is 19.8 Å². The number of hydrogen-bond acceptors (Lipinski definition) is 5. The second-order valence-electron chi connectivity index (χ2n) is 7.04. The third-order valence-corrected chi connectivity index (χ3v) is 4.52. The molecule has 1 saturated heterocycles. The first kappa shape index (κ1) is 21.9. The largest absolute Gasteiger partial charge is 0.354 e. The standard InChI is InChI=1S/C18H25N5O2.C3H8/c1-2-5-16(24)23-12-10-22(11-13-23)9-8-19-18-20-15-7-4-3-6-14(15)17(25)21-18;1-3-2/h3-4,6-7H,2,5,8-13H2,1H3,(H2,19,20,21,25);3H2,1-2H3. The Morgan fingerprint density at radius 2 is 1.82 bits per heavy atom. The SMILES string of the molecule is CCC.CCCC(=O)N1CCN(CCNc2nc3ccccc3c(=O)[nH]2)CC1. The van der Waals surface area contributed by atoms with Crippen molar-refractivity contribution < 1.29 is 4.79 Å². The van der Waals surface area contributed by atoms with E-state index in [-0.39, 0.29) is 11.5 Å². The molecule has 0 saturated carbocycles. The van der Waals surface area contributed by atoms with Crippen molar-refractivity contribution >= 4 is 22.8 Å². The Kier molecular flexibility index (Phi) is 8.94. The average Bonchev–Trinajstić information content (AvgIpc) is 2.69. The van der Waals surface area contributed by atoms with Crippen LogP contribution < -0.4 is 10.9 Å². The minimum Gasteiger partial charge on any atom is -0.354 e. The van der Waals surface area contributed by atoms with Crippen molar-refractivity contribution in [2.24, 2.45) is 0 Å². The number of aromatic nitrogens is 2. The highest BCUT2D eigenvalue weighted by atomic mass is 16.2. The smallest absolute Gasteiger partial charge is 0.260 e. The monoisotopic (exact) mass is 387 g/mol. The van der Waals surface area contributed by atoms with Gasteiger partial charge >= 0.3 is 0 Å². The number of benzene rings is 1. The third kappa shape index (κ3) is 6.34. The van der Waals surface area contributed by atoms with E-state index >= 15 is 0 Å². The van der Waals surface area contributed by atoms with E-state index in [1.54, 1.807) is 6.07 Å². The number of carbonyl (C=O) groups excluding carboxylic acids is 1. The van der Waals surface area contributed by atoms with E-state index in [0.717, 1.165) is 39.1 Å². The van der Waals surface area contributed by atoms with Gasteiger partial charge in [-0.2, -0.15) is 0 Å². The van der Waals surface area contributed by atoms with Gasteiger partial charge in [-0.3, -0.25) is 19.5 Å². The minimum absolute atomic E-state index is 0.129. The lowest BCUT2D eigenvalue weighted by Gasteiger charge is -2.34. The van der Waals surface area contributed by atoms with E-state index in [2.05, 4.69) is 34.0 Å². The minimum atomic E-state index is -0.129. The van der Waals surface area contributed by atoms with Gasteiger partial charge in [0.1, 0.15) is 0 Å². The second-order valence-corrected chi connectivity index (χ2v) is 7.04. The fourth-order valence-corrected chi connectivity index (χ4v) is 3.10. The number of nitrogens with one attached hydrogen (secondary N) is 2. The number of amides is 1. The van der Waals surface area contributed by atoms with Crippen LogP contribution in [0.25, 0.3) is 10.9 Å². The number of piperazine rings is 1. The molecule has 2 heterocycles. The Morgan fingerprint density at radius 1 is 1.14 bits per heavy atom. The first-order valence-corrected chi connectivity index (χ1v) is 10.3. The molecular formula is C21H33N5O2. The van der Waals surface area contributed by atoms with Crippen molar-refractivity contribution in [3.8, 4) is 0 Å². The molecule has 154 valence electrons. The molecule has 0 atom stereocenters. The summed E-state index contributed by atoms with van der Waals surface area (Å²) in [5.41, 5.74) is 0.563. The molecule has 28 heavy (non-hydrogen) atoms. The predicted octanol–water partition coefficient (Wildman–Crippen LogP) is 2.70. The van der Waals surface area contributed by atoms with Crippen LogP contribution in [0.2, 0.25) is 0 Å². The fraction of sp³-hybridized carbons (Fsp3) is 0.571. The Morgan fingerprint density at radius 3 is 2.50 bits per heavy atom. The molecule has 7 nitrogen and oxygen atoms in total. The van der Waals surface area contributed by atoms with E-state index in [1.165, 1.54) is 6.42 Å². The van der Waals surface area contributed by atoms with Crippen molar-refractivity contribution in [1.29, 1.82) is 0 Å². The average molecular weight is 388 g/mol. The summed E-state index contributed by atoms with van der Waals surface area (Å²) in [6, 6.07) is 7.31. The van der Waals surface area contributed by atoms with Gasteiger partial charge in [0.2, 0.25) is 11.9 Å². The van der Waals surface area contributed by atoms with Crippen LogP contribution in [0, 0.1) is 0 Å². The van der Waals surface area contributed by atoms with Gasteiger partial charge in [-0.1, -0.05) is 39.3 Å². The summed E-state index contributed by atoms with van der Waals surface area (Å²) in [7, 11) is 0. The molecule has 1 amide bonds. The number of H-pyrrole nitrogens is 1. The number of rotatable bonds is 6. The summed E-state index contributed by atoms with van der Waals surface area (Å²) in [6.45, 7) is 11.2. The zero-order valence-corrected chi connectivity index (χ0v) is 17.3. The van der Waals surface area contributed by atoms with Gasteiger partial charge in [-0.25, -0.2) is 4.98 Å². The third-order valence-electron chi connectivity index (χ3n) is 4.52. The van der Waals surface area contributed by atoms with Gasteiger partial charge in [0, 0.05) is 45.7 Å². The maximum atomic E-state index is 12.0. The number of nitrogens with zero attached hydrogens (tertiary/aromatic N) is 3. The highest BCUT2D eigenvalue weighted by Gasteiger charge is 2.19. The summed E-state index contributed by atoms with van der Waals surface area (Å²) in [4.78, 5) is 35.4. The summed E-state index contributed by atoms with van der Waals surface area (Å²) >= 11 is 0. The highest BCUT2D eigenvalue weighted by Crippen LogP contribution is 2.08. The van der Waals surface area contributed by atoms with E-state index in [4.69, 9.17) is 0 Å². The van der Waals surface area contributed by atoms with E-state index in [1.807, 2.05) is 30.0 Å².